The Morgan fingerprint density at radius 1 is 1.16 bits per heavy atom. The smallest absolute Gasteiger partial charge is 0.224 e. The van der Waals surface area contributed by atoms with Crippen LogP contribution < -0.4 is 5.32 Å². The Balaban J connectivity index is 1.86. The third-order valence-corrected chi connectivity index (χ3v) is 3.19. The van der Waals surface area contributed by atoms with Crippen molar-refractivity contribution in [2.24, 2.45) is 0 Å². The summed E-state index contributed by atoms with van der Waals surface area (Å²) >= 11 is 3.33. The first-order valence-corrected chi connectivity index (χ1v) is 6.72. The molecule has 2 aromatic carbocycles. The van der Waals surface area contributed by atoms with Crippen molar-refractivity contribution in [3.05, 3.63) is 64.4 Å². The fourth-order valence-corrected chi connectivity index (χ4v) is 1.97. The van der Waals surface area contributed by atoms with Crippen molar-refractivity contribution in [3.8, 4) is 0 Å². The van der Waals surface area contributed by atoms with Crippen LogP contribution in [0.3, 0.4) is 0 Å². The third kappa shape index (κ3) is 4.48. The van der Waals surface area contributed by atoms with Gasteiger partial charge in [0.1, 0.15) is 5.82 Å². The van der Waals surface area contributed by atoms with Gasteiger partial charge in [-0.1, -0.05) is 28.1 Å². The quantitative estimate of drug-likeness (QED) is 0.900. The Kier molecular flexibility index (Phi) is 4.68. The van der Waals surface area contributed by atoms with E-state index in [4.69, 9.17) is 0 Å². The highest BCUT2D eigenvalue weighted by molar-refractivity contribution is 9.10. The normalized spacial score (nSPS) is 10.2. The fourth-order valence-electron chi connectivity index (χ4n) is 1.71. The van der Waals surface area contributed by atoms with Crippen LogP contribution in [0.5, 0.6) is 0 Å². The highest BCUT2D eigenvalue weighted by Gasteiger charge is 2.03. The summed E-state index contributed by atoms with van der Waals surface area (Å²) in [5, 5.41) is 2.80. The number of rotatable bonds is 4. The Labute approximate surface area is 119 Å². The summed E-state index contributed by atoms with van der Waals surface area (Å²) in [6.07, 6.45) is 0.861. The second-order valence-corrected chi connectivity index (χ2v) is 5.10. The molecule has 0 unspecified atom stereocenters. The maximum atomic E-state index is 13.0. The molecule has 0 aliphatic rings. The van der Waals surface area contributed by atoms with Gasteiger partial charge in [-0.15, -0.1) is 0 Å². The lowest BCUT2D eigenvalue weighted by Gasteiger charge is -2.05. The van der Waals surface area contributed by atoms with Gasteiger partial charge in [0.15, 0.2) is 0 Å². The molecular weight excluding hydrogens is 309 g/mol. The van der Waals surface area contributed by atoms with Crippen molar-refractivity contribution in [1.82, 2.24) is 0 Å². The maximum Gasteiger partial charge on any atom is 0.224 e. The summed E-state index contributed by atoms with van der Waals surface area (Å²) < 4.78 is 13.9. The molecule has 1 N–H and O–H groups in total. The first-order chi connectivity index (χ1) is 9.13. The van der Waals surface area contributed by atoms with Crippen molar-refractivity contribution < 1.29 is 9.18 Å². The number of aryl methyl sites for hydroxylation is 1. The first-order valence-electron chi connectivity index (χ1n) is 5.93. The zero-order valence-electron chi connectivity index (χ0n) is 10.2. The first kappa shape index (κ1) is 13.7. The van der Waals surface area contributed by atoms with Crippen LogP contribution >= 0.6 is 15.9 Å². The fraction of sp³-hybridized carbons (Fsp3) is 0.133. The zero-order chi connectivity index (χ0) is 13.7. The molecule has 0 heterocycles. The van der Waals surface area contributed by atoms with E-state index in [9.17, 15) is 9.18 Å². The molecule has 0 atom stereocenters. The van der Waals surface area contributed by atoms with Gasteiger partial charge in [-0.05, 0) is 48.4 Å². The summed E-state index contributed by atoms with van der Waals surface area (Å²) in [5.41, 5.74) is 1.58. The van der Waals surface area contributed by atoms with Crippen LogP contribution in [0.25, 0.3) is 0 Å². The van der Waals surface area contributed by atoms with E-state index in [0.29, 0.717) is 12.8 Å². The molecule has 0 saturated heterocycles. The third-order valence-electron chi connectivity index (χ3n) is 2.66. The van der Waals surface area contributed by atoms with Crippen molar-refractivity contribution in [1.29, 1.82) is 0 Å². The van der Waals surface area contributed by atoms with E-state index in [2.05, 4.69) is 21.2 Å². The number of hydrogen-bond acceptors (Lipinski definition) is 1. The van der Waals surface area contributed by atoms with E-state index in [1.165, 1.54) is 12.1 Å². The lowest BCUT2D eigenvalue weighted by atomic mass is 10.1. The molecule has 0 bridgehead atoms. The summed E-state index contributed by atoms with van der Waals surface area (Å²) in [7, 11) is 0. The number of hydrogen-bond donors (Lipinski definition) is 1. The molecule has 2 rings (SSSR count). The van der Waals surface area contributed by atoms with E-state index in [-0.39, 0.29) is 11.7 Å². The van der Waals surface area contributed by atoms with Crippen LogP contribution in [0.2, 0.25) is 0 Å². The average Bonchev–Trinajstić information content (AvgIpc) is 2.39. The second kappa shape index (κ2) is 6.48. The molecule has 0 spiro atoms. The number of amides is 1. The second-order valence-electron chi connectivity index (χ2n) is 4.18. The van der Waals surface area contributed by atoms with E-state index in [1.807, 2.05) is 30.3 Å². The molecule has 2 aromatic rings. The minimum absolute atomic E-state index is 0.0772. The highest BCUT2D eigenvalue weighted by Crippen LogP contribution is 2.14. The van der Waals surface area contributed by atoms with Crippen molar-refractivity contribution in [3.63, 3.8) is 0 Å². The summed E-state index contributed by atoms with van der Waals surface area (Å²) in [5.74, 6) is -0.350. The molecular formula is C15H13BrFNO. The molecule has 1 amide bonds. The molecule has 4 heteroatoms. The van der Waals surface area contributed by atoms with Gasteiger partial charge in [0.05, 0.1) is 0 Å². The molecule has 0 aliphatic heterocycles. The van der Waals surface area contributed by atoms with Gasteiger partial charge in [0, 0.05) is 16.6 Å². The number of benzene rings is 2. The lowest BCUT2D eigenvalue weighted by molar-refractivity contribution is -0.116. The van der Waals surface area contributed by atoms with Crippen LogP contribution in [0.4, 0.5) is 10.1 Å². The molecule has 19 heavy (non-hydrogen) atoms. The Hall–Kier alpha value is -1.68. The van der Waals surface area contributed by atoms with E-state index in [0.717, 1.165) is 15.7 Å². The summed E-state index contributed by atoms with van der Waals surface area (Å²) in [6, 6.07) is 13.7. The number of carbonyl (C=O) groups excluding carboxylic acids is 1. The van der Waals surface area contributed by atoms with Gasteiger partial charge in [-0.3, -0.25) is 4.79 Å². The molecule has 0 aromatic heterocycles. The topological polar surface area (TPSA) is 29.1 Å². The van der Waals surface area contributed by atoms with Crippen molar-refractivity contribution in [2.45, 2.75) is 12.8 Å². The van der Waals surface area contributed by atoms with Crippen LogP contribution in [0, 0.1) is 5.82 Å². The maximum absolute atomic E-state index is 13.0. The molecule has 0 radical (unpaired) electrons. The predicted molar refractivity (Wildman–Crippen MR) is 77.5 cm³/mol. The summed E-state index contributed by atoms with van der Waals surface area (Å²) in [4.78, 5) is 11.7. The Bertz CT molecular complexity index is 569. The molecule has 2 nitrogen and oxygen atoms in total. The number of halogens is 2. The predicted octanol–water partition coefficient (Wildman–Crippen LogP) is 4.16. The van der Waals surface area contributed by atoms with E-state index in [1.54, 1.807) is 6.07 Å². The van der Waals surface area contributed by atoms with Crippen LogP contribution in [0.1, 0.15) is 12.0 Å². The SMILES string of the molecule is O=C(CCc1cccc(F)c1)Nc1ccc(Br)cc1. The van der Waals surface area contributed by atoms with Crippen LogP contribution in [-0.2, 0) is 11.2 Å². The van der Waals surface area contributed by atoms with E-state index >= 15 is 0 Å². The number of nitrogens with one attached hydrogen (secondary N) is 1. The monoisotopic (exact) mass is 321 g/mol. The summed E-state index contributed by atoms with van der Waals surface area (Å²) in [6.45, 7) is 0. The van der Waals surface area contributed by atoms with Crippen LogP contribution in [0.15, 0.2) is 53.0 Å². The van der Waals surface area contributed by atoms with Gasteiger partial charge in [0.25, 0.3) is 0 Å². The van der Waals surface area contributed by atoms with Crippen LogP contribution in [-0.4, -0.2) is 5.91 Å². The molecule has 0 aliphatic carbocycles. The minimum Gasteiger partial charge on any atom is -0.326 e. The van der Waals surface area contributed by atoms with Gasteiger partial charge in [0.2, 0.25) is 5.91 Å². The standard InChI is InChI=1S/C15H13BrFNO/c16-12-5-7-14(8-6-12)18-15(19)9-4-11-2-1-3-13(17)10-11/h1-3,5-8,10H,4,9H2,(H,18,19). The zero-order valence-corrected chi connectivity index (χ0v) is 11.8. The number of carbonyl (C=O) groups is 1. The largest absolute Gasteiger partial charge is 0.326 e. The molecule has 98 valence electrons. The van der Waals surface area contributed by atoms with Crippen molar-refractivity contribution >= 4 is 27.5 Å². The average molecular weight is 322 g/mol. The van der Waals surface area contributed by atoms with Crippen molar-refractivity contribution in [2.75, 3.05) is 5.32 Å². The Morgan fingerprint density at radius 3 is 2.58 bits per heavy atom. The Morgan fingerprint density at radius 2 is 1.89 bits per heavy atom. The molecule has 0 fully saturated rings. The highest BCUT2D eigenvalue weighted by atomic mass is 79.9. The minimum atomic E-state index is -0.272. The van der Waals surface area contributed by atoms with Gasteiger partial charge < -0.3 is 5.32 Å². The lowest BCUT2D eigenvalue weighted by Crippen LogP contribution is -2.12. The van der Waals surface area contributed by atoms with Gasteiger partial charge >= 0.3 is 0 Å². The molecule has 0 saturated carbocycles. The number of anilines is 1. The van der Waals surface area contributed by atoms with Gasteiger partial charge in [-0.2, -0.15) is 0 Å². The van der Waals surface area contributed by atoms with E-state index < -0.39 is 0 Å². The van der Waals surface area contributed by atoms with Gasteiger partial charge in [-0.25, -0.2) is 4.39 Å².